The fraction of sp³-hybridized carbons (Fsp3) is 0.357. The number of benzene rings is 1. The molecule has 1 amide bonds. The molecule has 0 aliphatic rings. The van der Waals surface area contributed by atoms with Gasteiger partial charge in [0.2, 0.25) is 0 Å². The van der Waals surface area contributed by atoms with Crippen molar-refractivity contribution in [3.63, 3.8) is 0 Å². The normalized spacial score (nSPS) is 11.5. The molecule has 0 unspecified atom stereocenters. The van der Waals surface area contributed by atoms with Crippen molar-refractivity contribution < 1.29 is 13.2 Å². The van der Waals surface area contributed by atoms with Crippen LogP contribution in [0.3, 0.4) is 0 Å². The van der Waals surface area contributed by atoms with E-state index in [0.29, 0.717) is 22.5 Å². The SMILES string of the molecule is CCc1ccc(C)c(S(=O)(=O)NC(=O)n2nc(C)n(C)c2=O)c1. The predicted molar refractivity (Wildman–Crippen MR) is 83.9 cm³/mol. The van der Waals surface area contributed by atoms with E-state index in [1.54, 1.807) is 13.0 Å². The molecule has 1 N–H and O–H groups in total. The zero-order valence-electron chi connectivity index (χ0n) is 13.3. The Balaban J connectivity index is 2.40. The number of amides is 1. The Morgan fingerprint density at radius 3 is 2.48 bits per heavy atom. The monoisotopic (exact) mass is 338 g/mol. The van der Waals surface area contributed by atoms with Gasteiger partial charge in [-0.3, -0.25) is 4.57 Å². The summed E-state index contributed by atoms with van der Waals surface area (Å²) in [6.07, 6.45) is 0.662. The lowest BCUT2D eigenvalue weighted by molar-refractivity contribution is 0.243. The maximum atomic E-state index is 12.4. The van der Waals surface area contributed by atoms with Crippen molar-refractivity contribution >= 4 is 16.1 Å². The average Bonchev–Trinajstić information content (AvgIpc) is 2.75. The Bertz CT molecular complexity index is 925. The lowest BCUT2D eigenvalue weighted by Crippen LogP contribution is -2.40. The number of aryl methyl sites for hydroxylation is 3. The summed E-state index contributed by atoms with van der Waals surface area (Å²) in [6, 6.07) is 3.90. The van der Waals surface area contributed by atoms with Gasteiger partial charge in [0.25, 0.3) is 10.0 Å². The Morgan fingerprint density at radius 1 is 1.30 bits per heavy atom. The number of sulfonamides is 1. The molecular formula is C14H18N4O4S. The zero-order chi connectivity index (χ0) is 17.4. The summed E-state index contributed by atoms with van der Waals surface area (Å²) in [4.78, 5) is 23.9. The largest absolute Gasteiger partial charge is 0.360 e. The first-order chi connectivity index (χ1) is 10.7. The average molecular weight is 338 g/mol. The van der Waals surface area contributed by atoms with Gasteiger partial charge in [-0.1, -0.05) is 19.1 Å². The van der Waals surface area contributed by atoms with Crippen LogP contribution in [0, 0.1) is 13.8 Å². The Kier molecular flexibility index (Phi) is 4.42. The molecule has 0 atom stereocenters. The van der Waals surface area contributed by atoms with E-state index >= 15 is 0 Å². The molecule has 0 aliphatic heterocycles. The van der Waals surface area contributed by atoms with E-state index in [1.165, 1.54) is 20.0 Å². The summed E-state index contributed by atoms with van der Waals surface area (Å²) in [5, 5.41) is 3.73. The zero-order valence-corrected chi connectivity index (χ0v) is 14.1. The Morgan fingerprint density at radius 2 is 1.96 bits per heavy atom. The molecule has 0 spiro atoms. The highest BCUT2D eigenvalue weighted by Crippen LogP contribution is 2.17. The van der Waals surface area contributed by atoms with Gasteiger partial charge in [0.15, 0.2) is 0 Å². The molecular weight excluding hydrogens is 320 g/mol. The molecule has 0 radical (unpaired) electrons. The third-order valence-corrected chi connectivity index (χ3v) is 5.02. The van der Waals surface area contributed by atoms with Crippen LogP contribution in [0.15, 0.2) is 27.9 Å². The van der Waals surface area contributed by atoms with Crippen LogP contribution in [-0.4, -0.2) is 28.8 Å². The maximum absolute atomic E-state index is 12.4. The lowest BCUT2D eigenvalue weighted by Gasteiger charge is -2.10. The van der Waals surface area contributed by atoms with Crippen LogP contribution in [-0.2, 0) is 23.5 Å². The van der Waals surface area contributed by atoms with Gasteiger partial charge < -0.3 is 0 Å². The number of nitrogens with zero attached hydrogens (tertiary/aromatic N) is 3. The summed E-state index contributed by atoms with van der Waals surface area (Å²) in [7, 11) is -2.66. The summed E-state index contributed by atoms with van der Waals surface area (Å²) in [5.74, 6) is 0.298. The third kappa shape index (κ3) is 3.19. The van der Waals surface area contributed by atoms with Crippen molar-refractivity contribution in [3.8, 4) is 0 Å². The van der Waals surface area contributed by atoms with E-state index in [9.17, 15) is 18.0 Å². The van der Waals surface area contributed by atoms with Crippen LogP contribution < -0.4 is 10.4 Å². The van der Waals surface area contributed by atoms with E-state index in [0.717, 1.165) is 10.1 Å². The van der Waals surface area contributed by atoms with Gasteiger partial charge in [-0.25, -0.2) is 22.7 Å². The number of hydrogen-bond acceptors (Lipinski definition) is 5. The Labute approximate surface area is 133 Å². The van der Waals surface area contributed by atoms with Gasteiger partial charge >= 0.3 is 11.7 Å². The second-order valence-electron chi connectivity index (χ2n) is 5.16. The smallest absolute Gasteiger partial charge is 0.282 e. The lowest BCUT2D eigenvalue weighted by atomic mass is 10.1. The molecule has 0 aliphatic carbocycles. The topological polar surface area (TPSA) is 103 Å². The highest BCUT2D eigenvalue weighted by Gasteiger charge is 2.23. The third-order valence-electron chi connectivity index (χ3n) is 3.56. The molecule has 1 aromatic carbocycles. The molecule has 2 rings (SSSR count). The summed E-state index contributed by atoms with van der Waals surface area (Å²) >= 11 is 0. The maximum Gasteiger partial charge on any atom is 0.360 e. The van der Waals surface area contributed by atoms with Crippen molar-refractivity contribution in [1.82, 2.24) is 19.1 Å². The molecule has 0 bridgehead atoms. The first kappa shape index (κ1) is 16.9. The summed E-state index contributed by atoms with van der Waals surface area (Å²) in [5.41, 5.74) is 0.621. The summed E-state index contributed by atoms with van der Waals surface area (Å²) < 4.78 is 28.4. The van der Waals surface area contributed by atoms with E-state index in [2.05, 4.69) is 5.10 Å². The summed E-state index contributed by atoms with van der Waals surface area (Å²) in [6.45, 7) is 5.07. The number of nitrogens with one attached hydrogen (secondary N) is 1. The molecule has 1 heterocycles. The van der Waals surface area contributed by atoms with Gasteiger partial charge in [0.1, 0.15) is 5.82 Å². The van der Waals surface area contributed by atoms with Crippen molar-refractivity contribution in [3.05, 3.63) is 45.6 Å². The minimum absolute atomic E-state index is 0.00546. The standard InChI is InChI=1S/C14H18N4O4S/c1-5-11-7-6-9(2)12(8-11)23(21,22)16-13(19)18-14(20)17(4)10(3)15-18/h6-8H,5H2,1-4H3,(H,16,19). The van der Waals surface area contributed by atoms with Crippen molar-refractivity contribution in [1.29, 1.82) is 0 Å². The van der Waals surface area contributed by atoms with Gasteiger partial charge in [-0.2, -0.15) is 0 Å². The predicted octanol–water partition coefficient (Wildman–Crippen LogP) is 0.708. The van der Waals surface area contributed by atoms with Crippen LogP contribution >= 0.6 is 0 Å². The molecule has 23 heavy (non-hydrogen) atoms. The number of hydrogen-bond donors (Lipinski definition) is 1. The van der Waals surface area contributed by atoms with Gasteiger partial charge in [0, 0.05) is 7.05 Å². The fourth-order valence-electron chi connectivity index (χ4n) is 2.03. The van der Waals surface area contributed by atoms with Crippen LogP contribution in [0.4, 0.5) is 4.79 Å². The molecule has 0 fully saturated rings. The van der Waals surface area contributed by atoms with Crippen LogP contribution in [0.5, 0.6) is 0 Å². The second-order valence-corrected chi connectivity index (χ2v) is 6.82. The number of carbonyl (C=O) groups excluding carboxylic acids is 1. The minimum Gasteiger partial charge on any atom is -0.282 e. The highest BCUT2D eigenvalue weighted by molar-refractivity contribution is 7.90. The second kappa shape index (κ2) is 5.99. The van der Waals surface area contributed by atoms with E-state index in [4.69, 9.17) is 0 Å². The molecule has 0 saturated carbocycles. The van der Waals surface area contributed by atoms with Gasteiger partial charge in [0.05, 0.1) is 4.90 Å². The van der Waals surface area contributed by atoms with Gasteiger partial charge in [-0.15, -0.1) is 9.78 Å². The van der Waals surface area contributed by atoms with Crippen molar-refractivity contribution in [2.75, 3.05) is 0 Å². The van der Waals surface area contributed by atoms with Crippen LogP contribution in [0.1, 0.15) is 23.9 Å². The molecule has 1 aromatic heterocycles. The van der Waals surface area contributed by atoms with Crippen molar-refractivity contribution in [2.45, 2.75) is 32.1 Å². The Hall–Kier alpha value is -2.42. The van der Waals surface area contributed by atoms with E-state index in [-0.39, 0.29) is 4.90 Å². The molecule has 124 valence electrons. The van der Waals surface area contributed by atoms with E-state index < -0.39 is 21.7 Å². The van der Waals surface area contributed by atoms with Crippen LogP contribution in [0.2, 0.25) is 0 Å². The molecule has 9 heteroatoms. The number of carbonyl (C=O) groups is 1. The first-order valence-electron chi connectivity index (χ1n) is 6.96. The number of rotatable bonds is 3. The quantitative estimate of drug-likeness (QED) is 0.888. The first-order valence-corrected chi connectivity index (χ1v) is 8.45. The molecule has 0 saturated heterocycles. The minimum atomic E-state index is -4.10. The van der Waals surface area contributed by atoms with Crippen molar-refractivity contribution in [2.24, 2.45) is 7.05 Å². The molecule has 8 nitrogen and oxygen atoms in total. The molecule has 2 aromatic rings. The van der Waals surface area contributed by atoms with E-state index in [1.807, 2.05) is 17.7 Å². The van der Waals surface area contributed by atoms with Crippen LogP contribution in [0.25, 0.3) is 0 Å². The fourth-order valence-corrected chi connectivity index (χ4v) is 3.26. The van der Waals surface area contributed by atoms with Gasteiger partial charge in [-0.05, 0) is 37.5 Å². The number of aromatic nitrogens is 3. The highest BCUT2D eigenvalue weighted by atomic mass is 32.2.